The van der Waals surface area contributed by atoms with Crippen LogP contribution < -0.4 is 0 Å². The molecule has 0 amide bonds. The van der Waals surface area contributed by atoms with Gasteiger partial charge >= 0.3 is 0 Å². The standard InChI is InChI=1S/C17H18O2/c18-15-6-3-4-12(11-15)10-14-9-8-13-5-1-2-7-16(13)17(14)19/h1-7,11,14,17-19H,8-10H2. The topological polar surface area (TPSA) is 40.5 Å². The van der Waals surface area contributed by atoms with Crippen LogP contribution in [0.5, 0.6) is 5.75 Å². The highest BCUT2D eigenvalue weighted by atomic mass is 16.3. The number of hydrogen-bond donors (Lipinski definition) is 2. The van der Waals surface area contributed by atoms with Crippen molar-refractivity contribution in [3.8, 4) is 5.75 Å². The van der Waals surface area contributed by atoms with Gasteiger partial charge in [-0.05, 0) is 54.0 Å². The van der Waals surface area contributed by atoms with Gasteiger partial charge in [0.2, 0.25) is 0 Å². The molecule has 0 saturated carbocycles. The summed E-state index contributed by atoms with van der Waals surface area (Å²) >= 11 is 0. The second-order valence-electron chi connectivity index (χ2n) is 5.32. The molecular formula is C17H18O2. The highest BCUT2D eigenvalue weighted by molar-refractivity contribution is 5.33. The first-order valence-corrected chi connectivity index (χ1v) is 6.78. The van der Waals surface area contributed by atoms with Gasteiger partial charge in [-0.15, -0.1) is 0 Å². The summed E-state index contributed by atoms with van der Waals surface area (Å²) in [5.41, 5.74) is 3.42. The van der Waals surface area contributed by atoms with E-state index >= 15 is 0 Å². The zero-order valence-electron chi connectivity index (χ0n) is 10.8. The highest BCUT2D eigenvalue weighted by Crippen LogP contribution is 2.36. The van der Waals surface area contributed by atoms with Gasteiger partial charge in [-0.2, -0.15) is 0 Å². The first kappa shape index (κ1) is 12.2. The van der Waals surface area contributed by atoms with Crippen LogP contribution in [0.4, 0.5) is 0 Å². The van der Waals surface area contributed by atoms with Crippen molar-refractivity contribution in [1.29, 1.82) is 0 Å². The smallest absolute Gasteiger partial charge is 0.115 e. The molecule has 0 aromatic heterocycles. The number of phenolic OH excluding ortho intramolecular Hbond substituents is 1. The molecule has 19 heavy (non-hydrogen) atoms. The summed E-state index contributed by atoms with van der Waals surface area (Å²) in [5.74, 6) is 0.528. The van der Waals surface area contributed by atoms with E-state index in [0.29, 0.717) is 5.75 Å². The van der Waals surface area contributed by atoms with Crippen LogP contribution in [0.25, 0.3) is 0 Å². The van der Waals surface area contributed by atoms with Crippen molar-refractivity contribution in [2.45, 2.75) is 25.4 Å². The van der Waals surface area contributed by atoms with Crippen LogP contribution in [0.1, 0.15) is 29.2 Å². The lowest BCUT2D eigenvalue weighted by molar-refractivity contribution is 0.0936. The monoisotopic (exact) mass is 254 g/mol. The van der Waals surface area contributed by atoms with Crippen LogP contribution in [-0.4, -0.2) is 10.2 Å². The van der Waals surface area contributed by atoms with E-state index in [2.05, 4.69) is 6.07 Å². The molecule has 2 nitrogen and oxygen atoms in total. The third-order valence-electron chi connectivity index (χ3n) is 4.01. The van der Waals surface area contributed by atoms with E-state index in [-0.39, 0.29) is 5.92 Å². The lowest BCUT2D eigenvalue weighted by atomic mass is 9.78. The summed E-state index contributed by atoms with van der Waals surface area (Å²) in [6.07, 6.45) is 2.43. The quantitative estimate of drug-likeness (QED) is 0.863. The molecule has 3 rings (SSSR count). The first-order valence-electron chi connectivity index (χ1n) is 6.78. The maximum atomic E-state index is 10.5. The third-order valence-corrected chi connectivity index (χ3v) is 4.01. The number of fused-ring (bicyclic) bond motifs is 1. The fraction of sp³-hybridized carbons (Fsp3) is 0.294. The van der Waals surface area contributed by atoms with E-state index in [0.717, 1.165) is 30.4 Å². The minimum Gasteiger partial charge on any atom is -0.508 e. The number of hydrogen-bond acceptors (Lipinski definition) is 2. The Hall–Kier alpha value is -1.80. The molecule has 2 unspecified atom stereocenters. The van der Waals surface area contributed by atoms with Gasteiger partial charge in [0.15, 0.2) is 0 Å². The number of aliphatic hydroxyl groups is 1. The number of rotatable bonds is 2. The maximum absolute atomic E-state index is 10.5. The molecular weight excluding hydrogens is 236 g/mol. The molecule has 2 N–H and O–H groups in total. The Morgan fingerprint density at radius 2 is 1.89 bits per heavy atom. The molecule has 0 heterocycles. The fourth-order valence-electron chi connectivity index (χ4n) is 3.00. The van der Waals surface area contributed by atoms with E-state index in [9.17, 15) is 10.2 Å². The zero-order valence-corrected chi connectivity index (χ0v) is 10.8. The molecule has 1 aliphatic carbocycles. The summed E-state index contributed by atoms with van der Waals surface area (Å²) in [4.78, 5) is 0. The number of phenols is 1. The Kier molecular flexibility index (Phi) is 3.26. The van der Waals surface area contributed by atoms with E-state index in [4.69, 9.17) is 0 Å². The van der Waals surface area contributed by atoms with Crippen LogP contribution in [0.2, 0.25) is 0 Å². The summed E-state index contributed by atoms with van der Waals surface area (Å²) in [6.45, 7) is 0. The van der Waals surface area contributed by atoms with Crippen LogP contribution in [0, 0.1) is 5.92 Å². The molecule has 0 saturated heterocycles. The molecule has 0 bridgehead atoms. The molecule has 2 aromatic rings. The van der Waals surface area contributed by atoms with Crippen LogP contribution in [0.3, 0.4) is 0 Å². The number of aliphatic hydroxyl groups excluding tert-OH is 1. The molecule has 98 valence electrons. The Morgan fingerprint density at radius 3 is 2.74 bits per heavy atom. The Labute approximate surface area is 113 Å². The average molecular weight is 254 g/mol. The second-order valence-corrected chi connectivity index (χ2v) is 5.32. The molecule has 0 radical (unpaired) electrons. The Balaban J connectivity index is 1.81. The molecule has 2 aromatic carbocycles. The summed E-state index contributed by atoms with van der Waals surface area (Å²) in [5, 5.41) is 20.0. The van der Waals surface area contributed by atoms with Gasteiger partial charge in [-0.3, -0.25) is 0 Å². The first-order chi connectivity index (χ1) is 9.24. The highest BCUT2D eigenvalue weighted by Gasteiger charge is 2.27. The van der Waals surface area contributed by atoms with Crippen molar-refractivity contribution in [3.63, 3.8) is 0 Å². The van der Waals surface area contributed by atoms with E-state index in [1.807, 2.05) is 30.3 Å². The van der Waals surface area contributed by atoms with Gasteiger partial charge < -0.3 is 10.2 Å². The van der Waals surface area contributed by atoms with Crippen molar-refractivity contribution in [2.24, 2.45) is 5.92 Å². The molecule has 0 aliphatic heterocycles. The lowest BCUT2D eigenvalue weighted by Crippen LogP contribution is -2.22. The number of benzene rings is 2. The summed E-state index contributed by atoms with van der Waals surface area (Å²) in [6, 6.07) is 15.5. The number of aryl methyl sites for hydroxylation is 1. The fourth-order valence-corrected chi connectivity index (χ4v) is 3.00. The number of aromatic hydroxyl groups is 1. The lowest BCUT2D eigenvalue weighted by Gasteiger charge is -2.30. The second kappa shape index (κ2) is 5.06. The largest absolute Gasteiger partial charge is 0.508 e. The van der Waals surface area contributed by atoms with Crippen molar-refractivity contribution in [1.82, 2.24) is 0 Å². The third kappa shape index (κ3) is 2.49. The Bertz CT molecular complexity index is 577. The van der Waals surface area contributed by atoms with Crippen molar-refractivity contribution in [3.05, 3.63) is 65.2 Å². The van der Waals surface area contributed by atoms with E-state index in [1.165, 1.54) is 5.56 Å². The van der Waals surface area contributed by atoms with Crippen LogP contribution in [0.15, 0.2) is 48.5 Å². The van der Waals surface area contributed by atoms with Crippen LogP contribution in [-0.2, 0) is 12.8 Å². The minimum atomic E-state index is -0.396. The average Bonchev–Trinajstić information content (AvgIpc) is 2.42. The predicted molar refractivity (Wildman–Crippen MR) is 75.0 cm³/mol. The van der Waals surface area contributed by atoms with Gasteiger partial charge in [0.1, 0.15) is 5.75 Å². The molecule has 2 atom stereocenters. The van der Waals surface area contributed by atoms with Gasteiger partial charge in [-0.25, -0.2) is 0 Å². The van der Waals surface area contributed by atoms with Crippen molar-refractivity contribution < 1.29 is 10.2 Å². The molecule has 0 spiro atoms. The van der Waals surface area contributed by atoms with Crippen molar-refractivity contribution in [2.75, 3.05) is 0 Å². The predicted octanol–water partition coefficient (Wildman–Crippen LogP) is 3.23. The van der Waals surface area contributed by atoms with E-state index in [1.54, 1.807) is 12.1 Å². The normalized spacial score (nSPS) is 21.9. The molecule has 1 aliphatic rings. The summed E-state index contributed by atoms with van der Waals surface area (Å²) in [7, 11) is 0. The van der Waals surface area contributed by atoms with Crippen LogP contribution >= 0.6 is 0 Å². The summed E-state index contributed by atoms with van der Waals surface area (Å²) < 4.78 is 0. The minimum absolute atomic E-state index is 0.233. The van der Waals surface area contributed by atoms with Gasteiger partial charge in [0.25, 0.3) is 0 Å². The Morgan fingerprint density at radius 1 is 1.05 bits per heavy atom. The maximum Gasteiger partial charge on any atom is 0.115 e. The van der Waals surface area contributed by atoms with Gasteiger partial charge in [0, 0.05) is 0 Å². The zero-order chi connectivity index (χ0) is 13.2. The molecule has 2 heteroatoms. The van der Waals surface area contributed by atoms with Gasteiger partial charge in [0.05, 0.1) is 6.10 Å². The molecule has 0 fully saturated rings. The van der Waals surface area contributed by atoms with Gasteiger partial charge in [-0.1, -0.05) is 36.4 Å². The van der Waals surface area contributed by atoms with E-state index < -0.39 is 6.10 Å². The SMILES string of the molecule is Oc1cccc(CC2CCc3ccccc3C2O)c1. The van der Waals surface area contributed by atoms with Crippen molar-refractivity contribution >= 4 is 0 Å².